The van der Waals surface area contributed by atoms with E-state index in [-0.39, 0.29) is 13.4 Å². The molecule has 0 aliphatic heterocycles. The van der Waals surface area contributed by atoms with Gasteiger partial charge in [-0.15, -0.1) is 0 Å². The van der Waals surface area contributed by atoms with Crippen LogP contribution >= 0.6 is 0 Å². The van der Waals surface area contributed by atoms with Crippen LogP contribution in [-0.4, -0.2) is 25.2 Å². The van der Waals surface area contributed by atoms with Crippen molar-refractivity contribution >= 4 is 22.9 Å². The van der Waals surface area contributed by atoms with Crippen molar-refractivity contribution in [1.29, 1.82) is 0 Å². The maximum absolute atomic E-state index is 12.4. The third-order valence-corrected chi connectivity index (χ3v) is 5.87. The molecule has 7 nitrogen and oxygen atoms in total. The van der Waals surface area contributed by atoms with Gasteiger partial charge < -0.3 is 18.6 Å². The van der Waals surface area contributed by atoms with Gasteiger partial charge in [-0.2, -0.15) is 0 Å². The Labute approximate surface area is 212 Å². The first-order valence-electron chi connectivity index (χ1n) is 11.9. The van der Waals surface area contributed by atoms with E-state index in [1.807, 2.05) is 20.8 Å². The molecule has 1 aromatic heterocycles. The molecule has 0 aliphatic carbocycles. The molecule has 3 aromatic rings. The Morgan fingerprint density at radius 1 is 0.861 bits per heavy atom. The van der Waals surface area contributed by atoms with E-state index >= 15 is 0 Å². The Morgan fingerprint density at radius 3 is 2.19 bits per heavy atom. The third kappa shape index (κ3) is 8.26. The van der Waals surface area contributed by atoms with Gasteiger partial charge in [-0.25, -0.2) is 9.59 Å². The molecule has 0 N–H and O–H groups in total. The van der Waals surface area contributed by atoms with Crippen LogP contribution in [-0.2, 0) is 9.53 Å². The monoisotopic (exact) mass is 496 g/mol. The maximum Gasteiger partial charge on any atom is 0.343 e. The molecule has 0 unspecified atom stereocenters. The smallest absolute Gasteiger partial charge is 0.343 e. The Morgan fingerprint density at radius 2 is 1.50 bits per heavy atom. The average Bonchev–Trinajstić information content (AvgIpc) is 2.85. The largest absolute Gasteiger partial charge is 0.494 e. The van der Waals surface area contributed by atoms with E-state index < -0.39 is 17.0 Å². The quantitative estimate of drug-likeness (QED) is 0.121. The summed E-state index contributed by atoms with van der Waals surface area (Å²) in [6, 6.07) is 14.6. The molecule has 0 radical (unpaired) electrons. The Hall–Kier alpha value is -3.61. The van der Waals surface area contributed by atoms with E-state index in [0.717, 1.165) is 37.5 Å². The zero-order chi connectivity index (χ0) is 25.3. The number of hydrogen-bond acceptors (Lipinski definition) is 7. The third-order valence-electron chi connectivity index (χ3n) is 5.87. The standard InChI is InChI=1S/C28H32O7.CH4/c1-4-28(2,3)27(31)33-18-8-6-5-7-17-32-22-13-10-21(11-14-22)26(30)34-23-15-9-20-12-16-25(29)35-24(20)19-23;/h9-16,19H,4-8,17-18H2,1-3H3;1H4. The Bertz CT molecular complexity index is 1190. The highest BCUT2D eigenvalue weighted by molar-refractivity contribution is 5.91. The van der Waals surface area contributed by atoms with Crippen LogP contribution in [0.5, 0.6) is 11.5 Å². The van der Waals surface area contributed by atoms with Crippen LogP contribution in [0.1, 0.15) is 70.7 Å². The predicted molar refractivity (Wildman–Crippen MR) is 140 cm³/mol. The number of carbonyl (C=O) groups excluding carboxylic acids is 2. The number of unbranched alkanes of at least 4 members (excludes halogenated alkanes) is 3. The van der Waals surface area contributed by atoms with Crippen molar-refractivity contribution in [2.45, 2.75) is 60.3 Å². The molecule has 0 saturated heterocycles. The van der Waals surface area contributed by atoms with Crippen LogP contribution in [0.15, 0.2) is 63.8 Å². The first-order chi connectivity index (χ1) is 16.8. The summed E-state index contributed by atoms with van der Waals surface area (Å²) < 4.78 is 21.6. The highest BCUT2D eigenvalue weighted by Gasteiger charge is 2.26. The van der Waals surface area contributed by atoms with Crippen LogP contribution in [0.25, 0.3) is 11.0 Å². The average molecular weight is 497 g/mol. The van der Waals surface area contributed by atoms with E-state index in [1.54, 1.807) is 42.5 Å². The van der Waals surface area contributed by atoms with E-state index in [1.165, 1.54) is 12.1 Å². The molecule has 0 saturated carbocycles. The van der Waals surface area contributed by atoms with Gasteiger partial charge in [0.2, 0.25) is 0 Å². The molecule has 36 heavy (non-hydrogen) atoms. The summed E-state index contributed by atoms with van der Waals surface area (Å²) in [5, 5.41) is 0.741. The van der Waals surface area contributed by atoms with Crippen molar-refractivity contribution < 1.29 is 28.2 Å². The lowest BCUT2D eigenvalue weighted by molar-refractivity contribution is -0.154. The summed E-state index contributed by atoms with van der Waals surface area (Å²) in [6.07, 6.45) is 4.43. The number of ether oxygens (including phenoxy) is 3. The van der Waals surface area contributed by atoms with Crippen molar-refractivity contribution in [3.63, 3.8) is 0 Å². The Balaban J connectivity index is 0.00000456. The molecule has 1 heterocycles. The number of esters is 2. The molecular formula is C29H36O7. The minimum absolute atomic E-state index is 0. The molecule has 3 rings (SSSR count). The summed E-state index contributed by atoms with van der Waals surface area (Å²) >= 11 is 0. The van der Waals surface area contributed by atoms with Crippen molar-refractivity contribution in [2.75, 3.05) is 13.2 Å². The lowest BCUT2D eigenvalue weighted by atomic mass is 9.91. The molecule has 0 spiro atoms. The SMILES string of the molecule is C.CCC(C)(C)C(=O)OCCCCCCOc1ccc(C(=O)Oc2ccc3ccc(=O)oc3c2)cc1. The second-order valence-electron chi connectivity index (χ2n) is 9.00. The minimum atomic E-state index is -0.516. The van der Waals surface area contributed by atoms with Gasteiger partial charge in [0, 0.05) is 17.5 Å². The molecule has 0 amide bonds. The van der Waals surface area contributed by atoms with Crippen molar-refractivity contribution in [3.8, 4) is 11.5 Å². The molecule has 194 valence electrons. The fourth-order valence-corrected chi connectivity index (χ4v) is 3.21. The van der Waals surface area contributed by atoms with Crippen LogP contribution in [0.2, 0.25) is 0 Å². The summed E-state index contributed by atoms with van der Waals surface area (Å²) in [5.74, 6) is 0.309. The number of rotatable bonds is 12. The van der Waals surface area contributed by atoms with Gasteiger partial charge in [0.05, 0.1) is 24.2 Å². The molecule has 2 aromatic carbocycles. The summed E-state index contributed by atoms with van der Waals surface area (Å²) in [5.41, 5.74) is -0.148. The molecule has 0 atom stereocenters. The van der Waals surface area contributed by atoms with E-state index in [4.69, 9.17) is 18.6 Å². The zero-order valence-corrected chi connectivity index (χ0v) is 20.5. The molecular weight excluding hydrogens is 460 g/mol. The van der Waals surface area contributed by atoms with Crippen molar-refractivity contribution in [3.05, 3.63) is 70.6 Å². The fraction of sp³-hybridized carbons (Fsp3) is 0.414. The van der Waals surface area contributed by atoms with Crippen LogP contribution in [0.3, 0.4) is 0 Å². The second-order valence-corrected chi connectivity index (χ2v) is 9.00. The lowest BCUT2D eigenvalue weighted by Crippen LogP contribution is -2.26. The Kier molecular flexibility index (Phi) is 10.7. The lowest BCUT2D eigenvalue weighted by Gasteiger charge is -2.20. The fourth-order valence-electron chi connectivity index (χ4n) is 3.21. The molecule has 0 bridgehead atoms. The van der Waals surface area contributed by atoms with Crippen LogP contribution < -0.4 is 15.1 Å². The number of fused-ring (bicyclic) bond motifs is 1. The molecule has 0 fully saturated rings. The summed E-state index contributed by atoms with van der Waals surface area (Å²) in [4.78, 5) is 35.7. The van der Waals surface area contributed by atoms with Crippen molar-refractivity contribution in [1.82, 2.24) is 0 Å². The predicted octanol–water partition coefficient (Wildman–Crippen LogP) is 6.57. The normalized spacial score (nSPS) is 11.0. The molecule has 0 aliphatic rings. The molecule has 7 heteroatoms. The maximum atomic E-state index is 12.4. The second kappa shape index (κ2) is 13.5. The topological polar surface area (TPSA) is 92.0 Å². The first-order valence-corrected chi connectivity index (χ1v) is 11.9. The van der Waals surface area contributed by atoms with Gasteiger partial charge in [0.25, 0.3) is 0 Å². The highest BCUT2D eigenvalue weighted by atomic mass is 16.5. The first kappa shape index (κ1) is 28.6. The van der Waals surface area contributed by atoms with E-state index in [9.17, 15) is 14.4 Å². The van der Waals surface area contributed by atoms with Gasteiger partial charge in [0.1, 0.15) is 17.1 Å². The number of hydrogen-bond donors (Lipinski definition) is 0. The van der Waals surface area contributed by atoms with Crippen LogP contribution in [0, 0.1) is 5.41 Å². The minimum Gasteiger partial charge on any atom is -0.494 e. The van der Waals surface area contributed by atoms with Gasteiger partial charge >= 0.3 is 17.6 Å². The number of benzene rings is 2. The van der Waals surface area contributed by atoms with E-state index in [0.29, 0.717) is 35.9 Å². The summed E-state index contributed by atoms with van der Waals surface area (Å²) in [6.45, 7) is 6.79. The highest BCUT2D eigenvalue weighted by Crippen LogP contribution is 2.22. The van der Waals surface area contributed by atoms with Gasteiger partial charge in [-0.05, 0) is 88.4 Å². The van der Waals surface area contributed by atoms with Gasteiger partial charge in [-0.1, -0.05) is 14.4 Å². The van der Waals surface area contributed by atoms with Crippen molar-refractivity contribution in [2.24, 2.45) is 5.41 Å². The van der Waals surface area contributed by atoms with E-state index in [2.05, 4.69) is 0 Å². The summed E-state index contributed by atoms with van der Waals surface area (Å²) in [7, 11) is 0. The van der Waals surface area contributed by atoms with Gasteiger partial charge in [0.15, 0.2) is 0 Å². The zero-order valence-electron chi connectivity index (χ0n) is 20.5. The van der Waals surface area contributed by atoms with Gasteiger partial charge in [-0.3, -0.25) is 4.79 Å². The van der Waals surface area contributed by atoms with Crippen LogP contribution in [0.4, 0.5) is 0 Å². The number of carbonyl (C=O) groups is 2.